The highest BCUT2D eigenvalue weighted by atomic mass is 35.5. The van der Waals surface area contributed by atoms with Crippen molar-refractivity contribution in [2.45, 2.75) is 57.7 Å². The van der Waals surface area contributed by atoms with E-state index in [-0.39, 0.29) is 0 Å². The predicted octanol–water partition coefficient (Wildman–Crippen LogP) is 4.22. The minimum Gasteiger partial charge on any atom is -0.123 e. The molecule has 0 aromatic carbocycles. The first kappa shape index (κ1) is 10.4. The van der Waals surface area contributed by atoms with Crippen LogP contribution in [0.5, 0.6) is 0 Å². The second-order valence-corrected chi connectivity index (χ2v) is 4.91. The molecule has 0 nitrogen and oxygen atoms in total. The van der Waals surface area contributed by atoms with Gasteiger partial charge in [0.15, 0.2) is 0 Å². The summed E-state index contributed by atoms with van der Waals surface area (Å²) in [5.74, 6) is 1.82. The molecule has 1 aliphatic rings. The quantitative estimate of drug-likeness (QED) is 0.582. The van der Waals surface area contributed by atoms with Crippen molar-refractivity contribution < 1.29 is 0 Å². The van der Waals surface area contributed by atoms with Crippen molar-refractivity contribution in [3.8, 4) is 0 Å². The standard InChI is InChI=1S/C11H21Cl/c1-3-5-9(2)10-6-4-7-11(12)8-10/h9-11H,3-8H2,1-2H3. The summed E-state index contributed by atoms with van der Waals surface area (Å²) in [6, 6.07) is 0. The maximum Gasteiger partial charge on any atom is 0.0338 e. The Morgan fingerprint density at radius 2 is 2.17 bits per heavy atom. The lowest BCUT2D eigenvalue weighted by Crippen LogP contribution is -2.21. The number of rotatable bonds is 3. The monoisotopic (exact) mass is 188 g/mol. The van der Waals surface area contributed by atoms with E-state index in [0.717, 1.165) is 11.8 Å². The fraction of sp³-hybridized carbons (Fsp3) is 1.00. The Morgan fingerprint density at radius 3 is 2.75 bits per heavy atom. The minimum atomic E-state index is 0.475. The van der Waals surface area contributed by atoms with Gasteiger partial charge in [-0.05, 0) is 24.7 Å². The van der Waals surface area contributed by atoms with Gasteiger partial charge in [0.2, 0.25) is 0 Å². The van der Waals surface area contributed by atoms with Crippen molar-refractivity contribution in [2.24, 2.45) is 11.8 Å². The summed E-state index contributed by atoms with van der Waals surface area (Å²) in [6.45, 7) is 4.67. The average molecular weight is 189 g/mol. The van der Waals surface area contributed by atoms with E-state index in [0.29, 0.717) is 5.38 Å². The maximum atomic E-state index is 6.16. The first-order chi connectivity index (χ1) is 5.74. The minimum absolute atomic E-state index is 0.475. The lowest BCUT2D eigenvalue weighted by atomic mass is 9.79. The number of hydrogen-bond donors (Lipinski definition) is 0. The highest BCUT2D eigenvalue weighted by Gasteiger charge is 2.23. The molecule has 0 aromatic heterocycles. The Kier molecular flexibility index (Phi) is 4.42. The van der Waals surface area contributed by atoms with E-state index in [1.807, 2.05) is 0 Å². The molecule has 0 heterocycles. The summed E-state index contributed by atoms with van der Waals surface area (Å²) in [7, 11) is 0. The summed E-state index contributed by atoms with van der Waals surface area (Å²) in [5.41, 5.74) is 0. The molecule has 0 saturated heterocycles. The Bertz CT molecular complexity index is 122. The fourth-order valence-corrected chi connectivity index (χ4v) is 2.76. The van der Waals surface area contributed by atoms with Gasteiger partial charge in [-0.25, -0.2) is 0 Å². The Hall–Kier alpha value is 0.290. The Morgan fingerprint density at radius 1 is 1.42 bits per heavy atom. The zero-order chi connectivity index (χ0) is 8.97. The summed E-state index contributed by atoms with van der Waals surface area (Å²) >= 11 is 6.16. The largest absolute Gasteiger partial charge is 0.123 e. The summed E-state index contributed by atoms with van der Waals surface area (Å²) in [4.78, 5) is 0. The molecule has 0 radical (unpaired) electrons. The van der Waals surface area contributed by atoms with Crippen LogP contribution in [0, 0.1) is 11.8 Å². The van der Waals surface area contributed by atoms with E-state index in [1.54, 1.807) is 0 Å². The molecule has 1 aliphatic carbocycles. The van der Waals surface area contributed by atoms with Gasteiger partial charge in [-0.2, -0.15) is 0 Å². The van der Waals surface area contributed by atoms with Gasteiger partial charge in [-0.15, -0.1) is 11.6 Å². The maximum absolute atomic E-state index is 6.16. The summed E-state index contributed by atoms with van der Waals surface area (Å²) in [6.07, 6.45) is 8.00. The van der Waals surface area contributed by atoms with E-state index in [2.05, 4.69) is 13.8 Å². The lowest BCUT2D eigenvalue weighted by molar-refractivity contribution is 0.254. The molecule has 1 heteroatoms. The van der Waals surface area contributed by atoms with Gasteiger partial charge in [0, 0.05) is 5.38 Å². The molecule has 1 rings (SSSR count). The van der Waals surface area contributed by atoms with Crippen molar-refractivity contribution in [2.75, 3.05) is 0 Å². The van der Waals surface area contributed by atoms with Crippen LogP contribution >= 0.6 is 11.6 Å². The molecular weight excluding hydrogens is 168 g/mol. The van der Waals surface area contributed by atoms with Crippen LogP contribution in [0.25, 0.3) is 0 Å². The van der Waals surface area contributed by atoms with Crippen LogP contribution in [0.3, 0.4) is 0 Å². The lowest BCUT2D eigenvalue weighted by Gasteiger charge is -2.30. The fourth-order valence-electron chi connectivity index (χ4n) is 2.37. The van der Waals surface area contributed by atoms with Crippen molar-refractivity contribution in [3.63, 3.8) is 0 Å². The highest BCUT2D eigenvalue weighted by Crippen LogP contribution is 2.34. The third-order valence-electron chi connectivity index (χ3n) is 3.20. The second-order valence-electron chi connectivity index (χ2n) is 4.29. The van der Waals surface area contributed by atoms with Gasteiger partial charge in [-0.3, -0.25) is 0 Å². The SMILES string of the molecule is CCCC(C)C1CCCC(Cl)C1. The normalized spacial score (nSPS) is 33.2. The number of halogens is 1. The van der Waals surface area contributed by atoms with Crippen LogP contribution in [0.1, 0.15) is 52.4 Å². The zero-order valence-electron chi connectivity index (χ0n) is 8.35. The molecule has 0 aromatic rings. The second kappa shape index (κ2) is 5.11. The van der Waals surface area contributed by atoms with E-state index in [4.69, 9.17) is 11.6 Å². The molecule has 12 heavy (non-hydrogen) atoms. The Balaban J connectivity index is 2.29. The molecule has 0 bridgehead atoms. The van der Waals surface area contributed by atoms with Gasteiger partial charge in [0.25, 0.3) is 0 Å². The first-order valence-electron chi connectivity index (χ1n) is 5.38. The van der Waals surface area contributed by atoms with E-state index >= 15 is 0 Å². The Labute approximate surface area is 81.7 Å². The van der Waals surface area contributed by atoms with Gasteiger partial charge in [-0.1, -0.05) is 39.5 Å². The molecule has 0 N–H and O–H groups in total. The van der Waals surface area contributed by atoms with Gasteiger partial charge in [0.05, 0.1) is 0 Å². The molecule has 1 fully saturated rings. The van der Waals surface area contributed by atoms with Crippen LogP contribution in [0.2, 0.25) is 0 Å². The van der Waals surface area contributed by atoms with Crippen LogP contribution < -0.4 is 0 Å². The van der Waals surface area contributed by atoms with Crippen molar-refractivity contribution in [1.29, 1.82) is 0 Å². The summed E-state index contributed by atoms with van der Waals surface area (Å²) < 4.78 is 0. The number of alkyl halides is 1. The van der Waals surface area contributed by atoms with Crippen LogP contribution in [0.4, 0.5) is 0 Å². The molecule has 0 amide bonds. The van der Waals surface area contributed by atoms with Crippen LogP contribution in [0.15, 0.2) is 0 Å². The van der Waals surface area contributed by atoms with Crippen molar-refractivity contribution >= 4 is 11.6 Å². The molecule has 72 valence electrons. The highest BCUT2D eigenvalue weighted by molar-refractivity contribution is 6.20. The average Bonchev–Trinajstić information content (AvgIpc) is 2.05. The van der Waals surface area contributed by atoms with Crippen molar-refractivity contribution in [1.82, 2.24) is 0 Å². The van der Waals surface area contributed by atoms with E-state index in [1.165, 1.54) is 38.5 Å². The zero-order valence-corrected chi connectivity index (χ0v) is 9.11. The molecule has 3 unspecified atom stereocenters. The number of hydrogen-bond acceptors (Lipinski definition) is 0. The topological polar surface area (TPSA) is 0 Å². The van der Waals surface area contributed by atoms with Crippen LogP contribution in [-0.4, -0.2) is 5.38 Å². The van der Waals surface area contributed by atoms with E-state index < -0.39 is 0 Å². The molecule has 0 spiro atoms. The third-order valence-corrected chi connectivity index (χ3v) is 3.60. The van der Waals surface area contributed by atoms with Gasteiger partial charge in [0.1, 0.15) is 0 Å². The smallest absolute Gasteiger partial charge is 0.0338 e. The van der Waals surface area contributed by atoms with Crippen molar-refractivity contribution in [3.05, 3.63) is 0 Å². The molecule has 3 atom stereocenters. The molecule has 1 saturated carbocycles. The van der Waals surface area contributed by atoms with Gasteiger partial charge >= 0.3 is 0 Å². The van der Waals surface area contributed by atoms with Gasteiger partial charge < -0.3 is 0 Å². The summed E-state index contributed by atoms with van der Waals surface area (Å²) in [5, 5.41) is 0.475. The first-order valence-corrected chi connectivity index (χ1v) is 5.81. The van der Waals surface area contributed by atoms with Crippen LogP contribution in [-0.2, 0) is 0 Å². The molecular formula is C11H21Cl. The third kappa shape index (κ3) is 2.97. The van der Waals surface area contributed by atoms with E-state index in [9.17, 15) is 0 Å². The molecule has 0 aliphatic heterocycles. The predicted molar refractivity (Wildman–Crippen MR) is 55.7 cm³/mol.